The molecule has 2 aromatic carbocycles. The van der Waals surface area contributed by atoms with Crippen LogP contribution in [-0.4, -0.2) is 31.2 Å². The van der Waals surface area contributed by atoms with Crippen LogP contribution in [0.3, 0.4) is 0 Å². The number of fused-ring (bicyclic) bond motifs is 1. The van der Waals surface area contributed by atoms with E-state index >= 15 is 0 Å². The summed E-state index contributed by atoms with van der Waals surface area (Å²) >= 11 is 6.09. The van der Waals surface area contributed by atoms with E-state index in [0.717, 1.165) is 11.1 Å². The summed E-state index contributed by atoms with van der Waals surface area (Å²) in [6, 6.07) is 11.4. The van der Waals surface area contributed by atoms with E-state index in [9.17, 15) is 19.1 Å². The summed E-state index contributed by atoms with van der Waals surface area (Å²) in [7, 11) is 0. The molecule has 0 aliphatic rings. The van der Waals surface area contributed by atoms with Crippen LogP contribution in [0.1, 0.15) is 41.5 Å². The van der Waals surface area contributed by atoms with Crippen LogP contribution in [0.15, 0.2) is 59.5 Å². The van der Waals surface area contributed by atoms with Gasteiger partial charge in [0, 0.05) is 11.1 Å². The average Bonchev–Trinajstić information content (AvgIpc) is 3.19. The van der Waals surface area contributed by atoms with Gasteiger partial charge in [-0.05, 0) is 61.7 Å². The van der Waals surface area contributed by atoms with Crippen molar-refractivity contribution in [1.29, 1.82) is 0 Å². The molecule has 7 nitrogen and oxygen atoms in total. The van der Waals surface area contributed by atoms with Gasteiger partial charge in [0.2, 0.25) is 0 Å². The molecular formula is C24H22ClFN4O3. The number of carbonyl (C=O) groups excluding carboxylic acids is 1. The summed E-state index contributed by atoms with van der Waals surface area (Å²) in [5.74, 6) is -1.01. The Labute approximate surface area is 193 Å². The van der Waals surface area contributed by atoms with Crippen LogP contribution in [0, 0.1) is 12.7 Å². The minimum atomic E-state index is -1.34. The molecule has 1 amide bonds. The van der Waals surface area contributed by atoms with E-state index in [1.54, 1.807) is 18.3 Å². The molecule has 0 spiro atoms. The lowest BCUT2D eigenvalue weighted by molar-refractivity contribution is 0.0342. The van der Waals surface area contributed by atoms with E-state index in [4.69, 9.17) is 11.6 Å². The van der Waals surface area contributed by atoms with Crippen LogP contribution < -0.4 is 10.9 Å². The van der Waals surface area contributed by atoms with Gasteiger partial charge in [-0.2, -0.15) is 5.10 Å². The zero-order valence-corrected chi connectivity index (χ0v) is 18.9. The number of halogens is 2. The zero-order chi connectivity index (χ0) is 23.9. The summed E-state index contributed by atoms with van der Waals surface area (Å²) in [5.41, 5.74) is 1.08. The lowest BCUT2D eigenvalue weighted by Crippen LogP contribution is -2.42. The number of rotatable bonds is 5. The zero-order valence-electron chi connectivity index (χ0n) is 18.2. The van der Waals surface area contributed by atoms with Gasteiger partial charge in [-0.25, -0.2) is 8.91 Å². The molecule has 9 heteroatoms. The van der Waals surface area contributed by atoms with E-state index in [-0.39, 0.29) is 11.2 Å². The number of aliphatic hydroxyl groups is 1. The first kappa shape index (κ1) is 22.7. The number of aromatic nitrogens is 3. The maximum atomic E-state index is 13.3. The Bertz CT molecular complexity index is 1400. The fraction of sp³-hybridized carbons (Fsp3) is 0.208. The van der Waals surface area contributed by atoms with Crippen LogP contribution in [0.25, 0.3) is 16.8 Å². The maximum absolute atomic E-state index is 13.3. The molecule has 2 heterocycles. The Balaban J connectivity index is 1.68. The van der Waals surface area contributed by atoms with E-state index in [2.05, 4.69) is 15.4 Å². The third-order valence-electron chi connectivity index (χ3n) is 5.35. The highest BCUT2D eigenvalue weighted by Gasteiger charge is 2.31. The second-order valence-electron chi connectivity index (χ2n) is 8.43. The molecule has 4 rings (SSSR count). The quantitative estimate of drug-likeness (QED) is 0.411. The Kier molecular flexibility index (Phi) is 5.82. The number of aryl methyl sites for hydroxylation is 1. The van der Waals surface area contributed by atoms with Crippen molar-refractivity contribution < 1.29 is 14.3 Å². The third kappa shape index (κ3) is 4.67. The van der Waals surface area contributed by atoms with E-state index in [1.807, 2.05) is 13.0 Å². The number of amides is 1. The van der Waals surface area contributed by atoms with Gasteiger partial charge in [0.25, 0.3) is 11.5 Å². The van der Waals surface area contributed by atoms with Crippen LogP contribution in [0.5, 0.6) is 0 Å². The predicted molar refractivity (Wildman–Crippen MR) is 124 cm³/mol. The number of carbonyl (C=O) groups is 1. The van der Waals surface area contributed by atoms with Gasteiger partial charge < -0.3 is 15.4 Å². The highest BCUT2D eigenvalue weighted by molar-refractivity contribution is 6.31. The first-order valence-corrected chi connectivity index (χ1v) is 10.6. The standard InChI is InChI=1S/C24H22ClFN4O3/c1-13-10-15(6-9-17(13)25)19-12-30-20(23(32)27-19)11-18(29-30)22(31)28-21(24(2,3)33)14-4-7-16(26)8-5-14/h4-12,21,33H,1-3H3,(H,27,32)(H,28,31)/t21-/m0/s1. The van der Waals surface area contributed by atoms with Gasteiger partial charge in [0.15, 0.2) is 5.69 Å². The lowest BCUT2D eigenvalue weighted by Gasteiger charge is -2.30. The molecule has 0 saturated heterocycles. The van der Waals surface area contributed by atoms with Crippen LogP contribution in [0.4, 0.5) is 4.39 Å². The number of hydrogen-bond acceptors (Lipinski definition) is 4. The van der Waals surface area contributed by atoms with Crippen molar-refractivity contribution in [2.75, 3.05) is 0 Å². The Morgan fingerprint density at radius 2 is 1.91 bits per heavy atom. The predicted octanol–water partition coefficient (Wildman–Crippen LogP) is 4.03. The molecule has 3 N–H and O–H groups in total. The number of H-pyrrole nitrogens is 1. The van der Waals surface area contributed by atoms with Gasteiger partial charge in [-0.15, -0.1) is 0 Å². The molecule has 0 bridgehead atoms. The van der Waals surface area contributed by atoms with Crippen molar-refractivity contribution >= 4 is 23.0 Å². The highest BCUT2D eigenvalue weighted by Crippen LogP contribution is 2.26. The van der Waals surface area contributed by atoms with Crippen molar-refractivity contribution in [2.45, 2.75) is 32.4 Å². The van der Waals surface area contributed by atoms with Gasteiger partial charge in [-0.1, -0.05) is 29.8 Å². The molecule has 170 valence electrons. The second kappa shape index (κ2) is 8.46. The normalized spacial score (nSPS) is 12.7. The van der Waals surface area contributed by atoms with Crippen molar-refractivity contribution in [3.8, 4) is 11.3 Å². The van der Waals surface area contributed by atoms with Gasteiger partial charge in [0.1, 0.15) is 11.3 Å². The SMILES string of the molecule is Cc1cc(-c2cn3nc(C(=O)N[C@@H](c4ccc(F)cc4)C(C)(C)O)cc3c(=O)[nH]2)ccc1Cl. The smallest absolute Gasteiger partial charge is 0.274 e. The van der Waals surface area contributed by atoms with Crippen molar-refractivity contribution in [3.63, 3.8) is 0 Å². The molecule has 33 heavy (non-hydrogen) atoms. The van der Waals surface area contributed by atoms with Crippen LogP contribution >= 0.6 is 11.6 Å². The van der Waals surface area contributed by atoms with Crippen molar-refractivity contribution in [1.82, 2.24) is 19.9 Å². The van der Waals surface area contributed by atoms with Gasteiger partial charge in [-0.3, -0.25) is 9.59 Å². The molecule has 0 saturated carbocycles. The summed E-state index contributed by atoms with van der Waals surface area (Å²) in [6.07, 6.45) is 1.61. The summed E-state index contributed by atoms with van der Waals surface area (Å²) in [4.78, 5) is 28.4. The molecule has 0 aliphatic heterocycles. The Morgan fingerprint density at radius 3 is 2.55 bits per heavy atom. The number of aromatic amines is 1. The lowest BCUT2D eigenvalue weighted by atomic mass is 9.91. The topological polar surface area (TPSA) is 99.5 Å². The highest BCUT2D eigenvalue weighted by atomic mass is 35.5. The molecule has 0 radical (unpaired) electrons. The first-order valence-electron chi connectivity index (χ1n) is 10.2. The molecular weight excluding hydrogens is 447 g/mol. The second-order valence-corrected chi connectivity index (χ2v) is 8.84. The molecule has 1 atom stereocenters. The molecule has 0 fully saturated rings. The van der Waals surface area contributed by atoms with Crippen LogP contribution in [0.2, 0.25) is 5.02 Å². The Morgan fingerprint density at radius 1 is 1.21 bits per heavy atom. The fourth-order valence-corrected chi connectivity index (χ4v) is 3.72. The minimum Gasteiger partial charge on any atom is -0.388 e. The van der Waals surface area contributed by atoms with Gasteiger partial charge in [0.05, 0.1) is 23.5 Å². The third-order valence-corrected chi connectivity index (χ3v) is 5.78. The molecule has 2 aromatic heterocycles. The number of nitrogens with zero attached hydrogens (tertiary/aromatic N) is 2. The number of benzene rings is 2. The first-order chi connectivity index (χ1) is 15.5. The fourth-order valence-electron chi connectivity index (χ4n) is 3.60. The number of hydrogen-bond donors (Lipinski definition) is 3. The van der Waals surface area contributed by atoms with Crippen molar-refractivity contribution in [3.05, 3.63) is 92.7 Å². The average molecular weight is 469 g/mol. The monoisotopic (exact) mass is 468 g/mol. The van der Waals surface area contributed by atoms with E-state index in [1.165, 1.54) is 48.7 Å². The molecule has 0 aliphatic carbocycles. The summed E-state index contributed by atoms with van der Waals surface area (Å²) in [5, 5.41) is 18.2. The summed E-state index contributed by atoms with van der Waals surface area (Å²) in [6.45, 7) is 4.94. The largest absolute Gasteiger partial charge is 0.388 e. The van der Waals surface area contributed by atoms with E-state index in [0.29, 0.717) is 16.3 Å². The summed E-state index contributed by atoms with van der Waals surface area (Å²) < 4.78 is 14.7. The van der Waals surface area contributed by atoms with Crippen LogP contribution in [-0.2, 0) is 0 Å². The van der Waals surface area contributed by atoms with Crippen molar-refractivity contribution in [2.24, 2.45) is 0 Å². The molecule has 4 aromatic rings. The van der Waals surface area contributed by atoms with Gasteiger partial charge >= 0.3 is 0 Å². The molecule has 0 unspecified atom stereocenters. The number of nitrogens with one attached hydrogen (secondary N) is 2. The maximum Gasteiger partial charge on any atom is 0.274 e. The minimum absolute atomic E-state index is 0.00120. The van der Waals surface area contributed by atoms with E-state index < -0.39 is 28.9 Å². The Hall–Kier alpha value is -3.49.